The number of aromatic nitrogens is 2. The van der Waals surface area contributed by atoms with Crippen LogP contribution in [0.4, 0.5) is 0 Å². The number of carbonyl (C=O) groups excluding carboxylic acids is 2. The van der Waals surface area contributed by atoms with Gasteiger partial charge in [0.2, 0.25) is 5.91 Å². The number of fused-ring (bicyclic) bond motifs is 1. The van der Waals surface area contributed by atoms with Gasteiger partial charge >= 0.3 is 0 Å². The van der Waals surface area contributed by atoms with E-state index in [4.69, 9.17) is 4.74 Å². The van der Waals surface area contributed by atoms with Crippen molar-refractivity contribution in [2.45, 2.75) is 51.2 Å². The Kier molecular flexibility index (Phi) is 4.99. The van der Waals surface area contributed by atoms with E-state index < -0.39 is 6.04 Å². The van der Waals surface area contributed by atoms with Gasteiger partial charge in [-0.1, -0.05) is 0 Å². The summed E-state index contributed by atoms with van der Waals surface area (Å²) in [5.41, 5.74) is 1.72. The lowest BCUT2D eigenvalue weighted by molar-refractivity contribution is -0.147. The number of carbonyl (C=O) groups is 2. The number of hydrogen-bond donors (Lipinski definition) is 0. The van der Waals surface area contributed by atoms with E-state index in [0.29, 0.717) is 32.8 Å². The summed E-state index contributed by atoms with van der Waals surface area (Å²) < 4.78 is 6.79. The normalized spacial score (nSPS) is 23.4. The van der Waals surface area contributed by atoms with Crippen molar-refractivity contribution in [3.8, 4) is 0 Å². The summed E-state index contributed by atoms with van der Waals surface area (Å²) in [6.07, 6.45) is 4.15. The maximum Gasteiger partial charge on any atom is 0.267 e. The van der Waals surface area contributed by atoms with Crippen molar-refractivity contribution in [1.82, 2.24) is 19.6 Å². The summed E-state index contributed by atoms with van der Waals surface area (Å²) >= 11 is 0. The molecule has 2 fully saturated rings. The first-order valence-electron chi connectivity index (χ1n) is 9.85. The van der Waals surface area contributed by atoms with Gasteiger partial charge in [-0.3, -0.25) is 14.4 Å². The summed E-state index contributed by atoms with van der Waals surface area (Å²) in [4.78, 5) is 41.2. The minimum Gasteiger partial charge on any atom is -0.368 e. The van der Waals surface area contributed by atoms with Gasteiger partial charge in [-0.15, -0.1) is 0 Å². The molecular formula is C19H26N4O4. The van der Waals surface area contributed by atoms with Crippen molar-refractivity contribution < 1.29 is 14.3 Å². The Morgan fingerprint density at radius 3 is 2.59 bits per heavy atom. The van der Waals surface area contributed by atoms with Gasteiger partial charge in [-0.25, -0.2) is 4.68 Å². The number of piperazine rings is 1. The molecule has 1 aromatic rings. The molecule has 1 aromatic heterocycles. The van der Waals surface area contributed by atoms with Crippen LogP contribution in [0.3, 0.4) is 0 Å². The van der Waals surface area contributed by atoms with E-state index in [-0.39, 0.29) is 23.5 Å². The molecule has 3 aliphatic rings. The summed E-state index contributed by atoms with van der Waals surface area (Å²) in [5.74, 6) is -0.0871. The molecule has 0 N–H and O–H groups in total. The van der Waals surface area contributed by atoms with Crippen LogP contribution in [0, 0.1) is 0 Å². The van der Waals surface area contributed by atoms with Crippen LogP contribution in [-0.2, 0) is 27.2 Å². The highest BCUT2D eigenvalue weighted by molar-refractivity contribution is 5.82. The molecule has 0 saturated carbocycles. The summed E-state index contributed by atoms with van der Waals surface area (Å²) in [5, 5.41) is 4.44. The van der Waals surface area contributed by atoms with Crippen molar-refractivity contribution in [3.05, 3.63) is 27.7 Å². The summed E-state index contributed by atoms with van der Waals surface area (Å²) in [7, 11) is 0. The second-order valence-corrected chi connectivity index (χ2v) is 7.58. The first-order chi connectivity index (χ1) is 13.0. The summed E-state index contributed by atoms with van der Waals surface area (Å²) in [6.45, 7) is 4.33. The molecule has 8 nitrogen and oxygen atoms in total. The molecule has 8 heteroatoms. The molecule has 3 heterocycles. The molecule has 0 unspecified atom stereocenters. The van der Waals surface area contributed by atoms with E-state index >= 15 is 0 Å². The minimum absolute atomic E-state index is 0.0316. The van der Waals surface area contributed by atoms with Crippen LogP contribution in [0.25, 0.3) is 0 Å². The molecule has 2 amide bonds. The average molecular weight is 374 g/mol. The van der Waals surface area contributed by atoms with Crippen LogP contribution in [0.1, 0.15) is 43.5 Å². The second kappa shape index (κ2) is 7.42. The van der Waals surface area contributed by atoms with Crippen LogP contribution in [0.5, 0.6) is 0 Å². The molecule has 1 aliphatic carbocycles. The van der Waals surface area contributed by atoms with E-state index in [0.717, 1.165) is 43.4 Å². The van der Waals surface area contributed by atoms with Crippen LogP contribution in [0.2, 0.25) is 0 Å². The Balaban J connectivity index is 1.39. The van der Waals surface area contributed by atoms with E-state index in [1.165, 1.54) is 4.68 Å². The maximum absolute atomic E-state index is 12.9. The number of amides is 2. The van der Waals surface area contributed by atoms with E-state index in [2.05, 4.69) is 5.10 Å². The molecule has 0 radical (unpaired) electrons. The van der Waals surface area contributed by atoms with Gasteiger partial charge in [-0.2, -0.15) is 5.10 Å². The predicted octanol–water partition coefficient (Wildman–Crippen LogP) is 0.143. The van der Waals surface area contributed by atoms with Crippen LogP contribution >= 0.6 is 0 Å². The third-order valence-electron chi connectivity index (χ3n) is 5.81. The Morgan fingerprint density at radius 1 is 1.15 bits per heavy atom. The zero-order chi connectivity index (χ0) is 19.0. The number of ether oxygens (including phenoxy) is 1. The molecule has 0 bridgehead atoms. The molecule has 0 aromatic carbocycles. The van der Waals surface area contributed by atoms with Gasteiger partial charge in [0.15, 0.2) is 0 Å². The average Bonchev–Trinajstić information content (AvgIpc) is 3.37. The van der Waals surface area contributed by atoms with Gasteiger partial charge in [0.05, 0.1) is 5.69 Å². The van der Waals surface area contributed by atoms with Gasteiger partial charge in [0.1, 0.15) is 12.1 Å². The largest absolute Gasteiger partial charge is 0.368 e. The van der Waals surface area contributed by atoms with Crippen molar-refractivity contribution in [1.29, 1.82) is 0 Å². The topological polar surface area (TPSA) is 84.7 Å². The highest BCUT2D eigenvalue weighted by Crippen LogP contribution is 2.19. The fraction of sp³-hybridized carbons (Fsp3) is 0.684. The minimum atomic E-state index is -0.635. The van der Waals surface area contributed by atoms with Crippen molar-refractivity contribution in [3.63, 3.8) is 0 Å². The zero-order valence-corrected chi connectivity index (χ0v) is 15.7. The van der Waals surface area contributed by atoms with Crippen molar-refractivity contribution >= 4 is 11.8 Å². The highest BCUT2D eigenvalue weighted by Gasteiger charge is 2.33. The number of hydrogen-bond acceptors (Lipinski definition) is 5. The maximum atomic E-state index is 12.9. The highest BCUT2D eigenvalue weighted by atomic mass is 16.5. The summed E-state index contributed by atoms with van der Waals surface area (Å²) in [6, 6.07) is 0.987. The van der Waals surface area contributed by atoms with Gasteiger partial charge in [-0.05, 0) is 44.6 Å². The lowest BCUT2D eigenvalue weighted by Crippen LogP contribution is -2.54. The van der Waals surface area contributed by atoms with Crippen molar-refractivity contribution in [2.75, 3.05) is 32.8 Å². The zero-order valence-electron chi connectivity index (χ0n) is 15.7. The third-order valence-corrected chi connectivity index (χ3v) is 5.81. The van der Waals surface area contributed by atoms with Crippen LogP contribution < -0.4 is 5.56 Å². The van der Waals surface area contributed by atoms with Gasteiger partial charge in [0.25, 0.3) is 11.5 Å². The number of nitrogens with zero attached hydrogens (tertiary/aromatic N) is 4. The fourth-order valence-corrected chi connectivity index (χ4v) is 4.18. The Bertz CT molecular complexity index is 791. The molecule has 4 rings (SSSR count). The predicted molar refractivity (Wildman–Crippen MR) is 97.4 cm³/mol. The molecule has 27 heavy (non-hydrogen) atoms. The molecule has 2 atom stereocenters. The number of aryl methyl sites for hydroxylation is 2. The molecular weight excluding hydrogens is 348 g/mol. The lowest BCUT2D eigenvalue weighted by atomic mass is 10.2. The third kappa shape index (κ3) is 3.50. The van der Waals surface area contributed by atoms with Crippen molar-refractivity contribution in [2.24, 2.45) is 0 Å². The fourth-order valence-electron chi connectivity index (χ4n) is 4.18. The van der Waals surface area contributed by atoms with E-state index in [9.17, 15) is 14.4 Å². The quantitative estimate of drug-likeness (QED) is 0.752. The molecule has 146 valence electrons. The van der Waals surface area contributed by atoms with Crippen LogP contribution in [-0.4, -0.2) is 70.3 Å². The van der Waals surface area contributed by atoms with E-state index in [1.54, 1.807) is 22.8 Å². The first kappa shape index (κ1) is 18.2. The smallest absolute Gasteiger partial charge is 0.267 e. The standard InChI is InChI=1S/C19H26N4O4/c1-13(23-17(24)12-14-4-2-5-15(14)20-23)18(25)21-7-9-22(10-8-21)19(26)16-6-3-11-27-16/h12-13,16H,2-11H2,1H3/t13-,16-/m0/s1. The number of rotatable bonds is 3. The lowest BCUT2D eigenvalue weighted by Gasteiger charge is -2.36. The van der Waals surface area contributed by atoms with Gasteiger partial charge in [0, 0.05) is 38.9 Å². The molecule has 2 saturated heterocycles. The Labute approximate surface area is 158 Å². The van der Waals surface area contributed by atoms with E-state index in [1.807, 2.05) is 0 Å². The van der Waals surface area contributed by atoms with Gasteiger partial charge < -0.3 is 14.5 Å². The molecule has 2 aliphatic heterocycles. The Morgan fingerprint density at radius 2 is 1.89 bits per heavy atom. The second-order valence-electron chi connectivity index (χ2n) is 7.58. The Hall–Kier alpha value is -2.22. The molecule has 0 spiro atoms. The SMILES string of the molecule is C[C@@H](C(=O)N1CCN(C(=O)[C@@H]2CCCO2)CC1)n1nc2c(cc1=O)CCC2. The van der Waals surface area contributed by atoms with Crippen LogP contribution in [0.15, 0.2) is 10.9 Å². The monoisotopic (exact) mass is 374 g/mol. The first-order valence-corrected chi connectivity index (χ1v) is 9.85.